The lowest BCUT2D eigenvalue weighted by atomic mass is 10.1. The van der Waals surface area contributed by atoms with E-state index >= 15 is 0 Å². The Morgan fingerprint density at radius 3 is 2.35 bits per heavy atom. The Kier molecular flexibility index (Phi) is 8.53. The number of hydrogen-bond donors (Lipinski definition) is 3. The molecule has 0 radical (unpaired) electrons. The predicted octanol–water partition coefficient (Wildman–Crippen LogP) is 2.02. The smallest absolute Gasteiger partial charge is 0.248 e. The number of primary sulfonamides is 1. The van der Waals surface area contributed by atoms with E-state index in [0.29, 0.717) is 18.9 Å². The summed E-state index contributed by atoms with van der Waals surface area (Å²) in [4.78, 5) is 24.9. The van der Waals surface area contributed by atoms with E-state index in [2.05, 4.69) is 20.8 Å². The average molecular weight is 476 g/mol. The highest BCUT2D eigenvalue weighted by atomic mass is 32.2. The maximum Gasteiger partial charge on any atom is 0.248 e. The van der Waals surface area contributed by atoms with Gasteiger partial charge in [-0.15, -0.1) is 10.2 Å². The molecule has 1 aromatic heterocycles. The topological polar surface area (TPSA) is 144 Å². The van der Waals surface area contributed by atoms with E-state index in [1.165, 1.54) is 0 Å². The van der Waals surface area contributed by atoms with Crippen molar-refractivity contribution >= 4 is 38.3 Å². The number of anilines is 1. The highest BCUT2D eigenvalue weighted by Gasteiger charge is 2.27. The standard InChI is InChI=1S/C18H23F2N5O4S2/c1-3-5-13(22-15(26)8-10-6-11(19)9-12(20)7-10)16(27)23-18-25-24-17(30-18)14(4-2)31(21,28)29/h6-7,9,13-14H,3-5,8H2,1-2H3,(H,22,26)(H2,21,28,29)(H,23,25,27). The van der Waals surface area contributed by atoms with Gasteiger partial charge in [0.2, 0.25) is 27.0 Å². The molecule has 1 aromatic carbocycles. The number of benzene rings is 1. The van der Waals surface area contributed by atoms with Gasteiger partial charge in [-0.05, 0) is 30.5 Å². The third kappa shape index (κ3) is 7.29. The van der Waals surface area contributed by atoms with E-state index in [-0.39, 0.29) is 28.5 Å². The zero-order chi connectivity index (χ0) is 23.2. The number of sulfonamides is 1. The zero-order valence-electron chi connectivity index (χ0n) is 16.9. The summed E-state index contributed by atoms with van der Waals surface area (Å²) in [6, 6.07) is 1.85. The molecular weight excluding hydrogens is 452 g/mol. The number of nitrogens with two attached hydrogens (primary N) is 1. The normalized spacial score (nSPS) is 13.5. The van der Waals surface area contributed by atoms with Crippen molar-refractivity contribution in [3.63, 3.8) is 0 Å². The number of nitrogens with one attached hydrogen (secondary N) is 2. The Labute approximate surface area is 182 Å². The molecule has 13 heteroatoms. The molecule has 0 bridgehead atoms. The molecule has 0 aliphatic heterocycles. The van der Waals surface area contributed by atoms with Gasteiger partial charge in [0.25, 0.3) is 0 Å². The lowest BCUT2D eigenvalue weighted by Crippen LogP contribution is -2.44. The fourth-order valence-electron chi connectivity index (χ4n) is 2.86. The molecule has 2 amide bonds. The fourth-order valence-corrected chi connectivity index (χ4v) is 5.01. The van der Waals surface area contributed by atoms with Gasteiger partial charge in [-0.1, -0.05) is 31.6 Å². The van der Waals surface area contributed by atoms with Gasteiger partial charge in [-0.2, -0.15) is 0 Å². The van der Waals surface area contributed by atoms with Crippen LogP contribution in [0.5, 0.6) is 0 Å². The molecule has 0 aliphatic rings. The first-order valence-electron chi connectivity index (χ1n) is 9.43. The second-order valence-corrected chi connectivity index (χ2v) is 9.54. The van der Waals surface area contributed by atoms with Gasteiger partial charge in [0.1, 0.15) is 27.9 Å². The third-order valence-corrected chi connectivity index (χ3v) is 6.68. The van der Waals surface area contributed by atoms with Crippen LogP contribution >= 0.6 is 11.3 Å². The third-order valence-electron chi connectivity index (χ3n) is 4.23. The summed E-state index contributed by atoms with van der Waals surface area (Å²) in [6.07, 6.45) is 0.751. The largest absolute Gasteiger partial charge is 0.344 e. The van der Waals surface area contributed by atoms with E-state index in [4.69, 9.17) is 5.14 Å². The summed E-state index contributed by atoms with van der Waals surface area (Å²) < 4.78 is 49.9. The van der Waals surface area contributed by atoms with Crippen LogP contribution in [0.15, 0.2) is 18.2 Å². The maximum atomic E-state index is 13.3. The van der Waals surface area contributed by atoms with Crippen molar-refractivity contribution in [1.82, 2.24) is 15.5 Å². The van der Waals surface area contributed by atoms with Gasteiger partial charge in [-0.3, -0.25) is 14.9 Å². The molecule has 9 nitrogen and oxygen atoms in total. The monoisotopic (exact) mass is 475 g/mol. The van der Waals surface area contributed by atoms with Gasteiger partial charge in [0.05, 0.1) is 6.42 Å². The summed E-state index contributed by atoms with van der Waals surface area (Å²) in [5.74, 6) is -2.77. The zero-order valence-corrected chi connectivity index (χ0v) is 18.5. The first-order valence-corrected chi connectivity index (χ1v) is 11.9. The number of nitrogens with zero attached hydrogens (tertiary/aromatic N) is 2. The van der Waals surface area contributed by atoms with Crippen LogP contribution in [0.25, 0.3) is 0 Å². The highest BCUT2D eigenvalue weighted by molar-refractivity contribution is 7.89. The van der Waals surface area contributed by atoms with Crippen molar-refractivity contribution in [2.75, 3.05) is 5.32 Å². The van der Waals surface area contributed by atoms with E-state index in [9.17, 15) is 26.8 Å². The number of rotatable bonds is 10. The summed E-state index contributed by atoms with van der Waals surface area (Å²) in [5, 5.41) is 16.9. The predicted molar refractivity (Wildman–Crippen MR) is 112 cm³/mol. The molecule has 170 valence electrons. The first-order chi connectivity index (χ1) is 14.5. The summed E-state index contributed by atoms with van der Waals surface area (Å²) >= 11 is 0.872. The molecule has 2 rings (SSSR count). The minimum Gasteiger partial charge on any atom is -0.344 e. The van der Waals surface area contributed by atoms with E-state index in [1.54, 1.807) is 6.92 Å². The molecule has 0 spiro atoms. The lowest BCUT2D eigenvalue weighted by Gasteiger charge is -2.17. The Morgan fingerprint density at radius 1 is 1.16 bits per heavy atom. The molecule has 0 saturated heterocycles. The Hall–Kier alpha value is -2.51. The number of amides is 2. The summed E-state index contributed by atoms with van der Waals surface area (Å²) in [5.41, 5.74) is 0.132. The minimum absolute atomic E-state index is 0.0599. The van der Waals surface area contributed by atoms with Gasteiger partial charge >= 0.3 is 0 Å². The molecule has 2 atom stereocenters. The van der Waals surface area contributed by atoms with Gasteiger partial charge in [-0.25, -0.2) is 22.3 Å². The van der Waals surface area contributed by atoms with E-state index < -0.39 is 44.8 Å². The second kappa shape index (κ2) is 10.7. The number of carbonyl (C=O) groups is 2. The van der Waals surface area contributed by atoms with Gasteiger partial charge in [0.15, 0.2) is 0 Å². The van der Waals surface area contributed by atoms with Crippen molar-refractivity contribution in [2.24, 2.45) is 5.14 Å². The number of aromatic nitrogens is 2. The first kappa shape index (κ1) is 24.8. The van der Waals surface area contributed by atoms with Crippen molar-refractivity contribution in [2.45, 2.75) is 50.8 Å². The molecule has 0 aliphatic carbocycles. The summed E-state index contributed by atoms with van der Waals surface area (Å²) in [7, 11) is -3.88. The quantitative estimate of drug-likeness (QED) is 0.480. The molecule has 0 saturated carbocycles. The number of halogens is 2. The van der Waals surface area contributed by atoms with Crippen LogP contribution in [0.4, 0.5) is 13.9 Å². The molecular formula is C18H23F2N5O4S2. The van der Waals surface area contributed by atoms with Crippen LogP contribution in [0.1, 0.15) is 48.9 Å². The van der Waals surface area contributed by atoms with Crippen molar-refractivity contribution in [3.05, 3.63) is 40.4 Å². The van der Waals surface area contributed by atoms with Crippen LogP contribution in [0.2, 0.25) is 0 Å². The van der Waals surface area contributed by atoms with E-state index in [0.717, 1.165) is 23.5 Å². The average Bonchev–Trinajstić information content (AvgIpc) is 3.07. The van der Waals surface area contributed by atoms with Gasteiger partial charge in [0, 0.05) is 6.07 Å². The highest BCUT2D eigenvalue weighted by Crippen LogP contribution is 2.28. The summed E-state index contributed by atoms with van der Waals surface area (Å²) in [6.45, 7) is 3.45. The van der Waals surface area contributed by atoms with Gasteiger partial charge < -0.3 is 5.32 Å². The molecule has 0 fully saturated rings. The van der Waals surface area contributed by atoms with Crippen molar-refractivity contribution in [1.29, 1.82) is 0 Å². The molecule has 2 unspecified atom stereocenters. The maximum absolute atomic E-state index is 13.3. The van der Waals surface area contributed by atoms with Crippen LogP contribution in [-0.2, 0) is 26.0 Å². The van der Waals surface area contributed by atoms with Crippen molar-refractivity contribution in [3.8, 4) is 0 Å². The number of carbonyl (C=O) groups excluding carboxylic acids is 2. The fraction of sp³-hybridized carbons (Fsp3) is 0.444. The minimum atomic E-state index is -3.88. The Bertz CT molecular complexity index is 1030. The molecule has 31 heavy (non-hydrogen) atoms. The van der Waals surface area contributed by atoms with E-state index in [1.807, 2.05) is 6.92 Å². The van der Waals surface area contributed by atoms with Crippen LogP contribution in [0, 0.1) is 11.6 Å². The second-order valence-electron chi connectivity index (χ2n) is 6.78. The molecule has 2 aromatic rings. The van der Waals surface area contributed by atoms with Crippen LogP contribution in [0.3, 0.4) is 0 Å². The SMILES string of the molecule is CCCC(NC(=O)Cc1cc(F)cc(F)c1)C(=O)Nc1nnc(C(CC)S(N)(=O)=O)s1. The molecule has 1 heterocycles. The van der Waals surface area contributed by atoms with Crippen LogP contribution in [-0.4, -0.2) is 36.5 Å². The Morgan fingerprint density at radius 2 is 1.81 bits per heavy atom. The molecule has 4 N–H and O–H groups in total. The Balaban J connectivity index is 2.06. The lowest BCUT2D eigenvalue weighted by molar-refractivity contribution is -0.126. The van der Waals surface area contributed by atoms with Crippen molar-refractivity contribution < 1.29 is 26.8 Å². The van der Waals surface area contributed by atoms with Crippen LogP contribution < -0.4 is 15.8 Å². The number of hydrogen-bond acceptors (Lipinski definition) is 7.